The molecule has 1 saturated heterocycles. The van der Waals surface area contributed by atoms with Crippen LogP contribution in [0, 0.1) is 17.8 Å². The first kappa shape index (κ1) is 28.9. The van der Waals surface area contributed by atoms with Gasteiger partial charge < -0.3 is 15.1 Å². The van der Waals surface area contributed by atoms with Crippen molar-refractivity contribution >= 4 is 35.0 Å². The predicted octanol–water partition coefficient (Wildman–Crippen LogP) is 4.64. The summed E-state index contributed by atoms with van der Waals surface area (Å²) in [6, 6.07) is 4.10. The van der Waals surface area contributed by atoms with Gasteiger partial charge in [-0.1, -0.05) is 36.7 Å². The zero-order valence-corrected chi connectivity index (χ0v) is 23.7. The van der Waals surface area contributed by atoms with Gasteiger partial charge in [0, 0.05) is 31.0 Å². The molecule has 8 nitrogen and oxygen atoms in total. The Morgan fingerprint density at radius 2 is 1.83 bits per heavy atom. The van der Waals surface area contributed by atoms with E-state index in [9.17, 15) is 37.8 Å². The molecule has 1 saturated carbocycles. The van der Waals surface area contributed by atoms with Crippen LogP contribution in [-0.4, -0.2) is 68.0 Å². The highest BCUT2D eigenvalue weighted by Crippen LogP contribution is 2.60. The van der Waals surface area contributed by atoms with E-state index >= 15 is 0 Å². The molecule has 3 atom stereocenters. The fourth-order valence-corrected chi connectivity index (χ4v) is 7.11. The van der Waals surface area contributed by atoms with Gasteiger partial charge in [-0.25, -0.2) is 0 Å². The van der Waals surface area contributed by atoms with Crippen molar-refractivity contribution in [2.75, 3.05) is 13.1 Å². The molecule has 2 heterocycles. The van der Waals surface area contributed by atoms with Crippen LogP contribution in [0.5, 0.6) is 0 Å². The van der Waals surface area contributed by atoms with Gasteiger partial charge in [0.25, 0.3) is 5.91 Å². The van der Waals surface area contributed by atoms with Crippen LogP contribution in [0.4, 0.5) is 13.2 Å². The maximum atomic E-state index is 14.2. The van der Waals surface area contributed by atoms with Gasteiger partial charge in [-0.3, -0.25) is 14.4 Å². The Kier molecular flexibility index (Phi) is 7.04. The fourth-order valence-electron chi connectivity index (χ4n) is 6.86. The van der Waals surface area contributed by atoms with Gasteiger partial charge >= 0.3 is 12.1 Å². The number of allylic oxidation sites excluding steroid dienone is 2. The van der Waals surface area contributed by atoms with Crippen molar-refractivity contribution in [1.29, 1.82) is 0 Å². The number of fused-ring (bicyclic) bond motifs is 1. The number of carbonyl (C=O) groups excluding carboxylic acids is 2. The van der Waals surface area contributed by atoms with Crippen LogP contribution >= 0.6 is 11.6 Å². The van der Waals surface area contributed by atoms with Gasteiger partial charge in [0.15, 0.2) is 0 Å². The number of halogens is 4. The minimum absolute atomic E-state index is 0.105. The van der Waals surface area contributed by atoms with Crippen molar-refractivity contribution in [2.45, 2.75) is 69.6 Å². The Morgan fingerprint density at radius 1 is 1.12 bits per heavy atom. The third-order valence-electron chi connectivity index (χ3n) is 9.47. The molecular weight excluding hydrogens is 575 g/mol. The second-order valence-corrected chi connectivity index (χ2v) is 12.5. The SMILES string of the molecule is C[C@H]1C=C(c2nn(C(=O)c3c(Cl)cccc3C3(C(F)(F)F)CC3)c3c2CCC(C(=O)N2CC(O)C2)C3)CC[C@H]1C(=O)O. The first-order chi connectivity index (χ1) is 19.8. The molecule has 2 aromatic rings. The zero-order valence-electron chi connectivity index (χ0n) is 23.0. The minimum atomic E-state index is -4.57. The summed E-state index contributed by atoms with van der Waals surface area (Å²) < 4.78 is 43.7. The summed E-state index contributed by atoms with van der Waals surface area (Å²) in [5.41, 5.74) is -0.0702. The molecule has 1 aliphatic heterocycles. The van der Waals surface area contributed by atoms with Gasteiger partial charge in [-0.2, -0.15) is 23.0 Å². The van der Waals surface area contributed by atoms with Gasteiger partial charge in [0.05, 0.1) is 39.4 Å². The smallest absolute Gasteiger partial charge is 0.398 e. The number of aliphatic hydroxyl groups is 1. The molecule has 12 heteroatoms. The molecule has 4 aliphatic rings. The monoisotopic (exact) mass is 605 g/mol. The quantitative estimate of drug-likeness (QED) is 0.514. The average Bonchev–Trinajstić information content (AvgIpc) is 3.66. The number of likely N-dealkylation sites (tertiary alicyclic amines) is 1. The standard InChI is InChI=1S/C30H31ClF3N3O5/c1-15-11-16(5-7-19(15)28(41)42)25-20-8-6-17(26(39)36-13-18(38)14-36)12-23(20)37(35-25)27(40)24-21(3-2-4-22(24)31)29(9-10-29)30(32,33)34/h2-4,11,15,17-19,38H,5-10,12-14H2,1H3,(H,41,42)/t15-,17?,19+/m0/s1. The lowest BCUT2D eigenvalue weighted by Crippen LogP contribution is -2.55. The van der Waals surface area contributed by atoms with Crippen molar-refractivity contribution in [3.63, 3.8) is 0 Å². The number of aromatic nitrogens is 2. The largest absolute Gasteiger partial charge is 0.481 e. The number of hydrogen-bond donors (Lipinski definition) is 2. The number of carbonyl (C=O) groups is 3. The first-order valence-corrected chi connectivity index (χ1v) is 14.6. The van der Waals surface area contributed by atoms with E-state index < -0.39 is 41.4 Å². The number of carboxylic acids is 1. The average molecular weight is 606 g/mol. The van der Waals surface area contributed by atoms with Crippen LogP contribution in [0.1, 0.15) is 71.9 Å². The van der Waals surface area contributed by atoms with Gasteiger partial charge in [0.2, 0.25) is 5.91 Å². The molecule has 1 amide bonds. The van der Waals surface area contributed by atoms with Crippen LogP contribution < -0.4 is 0 Å². The number of benzene rings is 1. The summed E-state index contributed by atoms with van der Waals surface area (Å²) in [5, 5.41) is 23.8. The van der Waals surface area contributed by atoms with Gasteiger partial charge in [-0.15, -0.1) is 0 Å². The number of rotatable bonds is 5. The number of hydrogen-bond acceptors (Lipinski definition) is 5. The molecule has 2 fully saturated rings. The molecular formula is C30H31ClF3N3O5. The number of carboxylic acid groups (broad SMARTS) is 1. The molecule has 224 valence electrons. The van der Waals surface area contributed by atoms with E-state index in [2.05, 4.69) is 5.10 Å². The molecule has 1 unspecified atom stereocenters. The maximum absolute atomic E-state index is 14.2. The maximum Gasteiger partial charge on any atom is 0.398 e. The van der Waals surface area contributed by atoms with Crippen LogP contribution in [0.3, 0.4) is 0 Å². The Morgan fingerprint density at radius 3 is 2.43 bits per heavy atom. The second-order valence-electron chi connectivity index (χ2n) is 12.1. The topological polar surface area (TPSA) is 113 Å². The Bertz CT molecular complexity index is 1510. The normalized spacial score (nSPS) is 25.3. The van der Waals surface area contributed by atoms with Gasteiger partial charge in [-0.05, 0) is 61.6 Å². The lowest BCUT2D eigenvalue weighted by molar-refractivity contribution is -0.160. The van der Waals surface area contributed by atoms with E-state index in [1.54, 1.807) is 4.90 Å². The number of β-amino-alcohol motifs (C(OH)–C–C–N with tert-alkyl or cyclic N) is 1. The summed E-state index contributed by atoms with van der Waals surface area (Å²) in [4.78, 5) is 40.6. The highest BCUT2D eigenvalue weighted by atomic mass is 35.5. The first-order valence-electron chi connectivity index (χ1n) is 14.2. The predicted molar refractivity (Wildman–Crippen MR) is 146 cm³/mol. The molecule has 1 aromatic heterocycles. The molecule has 6 rings (SSSR count). The Hall–Kier alpha value is -3.18. The molecule has 3 aliphatic carbocycles. The van der Waals surface area contributed by atoms with Crippen molar-refractivity contribution in [3.05, 3.63) is 57.4 Å². The van der Waals surface area contributed by atoms with Crippen LogP contribution in [0.2, 0.25) is 5.02 Å². The summed E-state index contributed by atoms with van der Waals surface area (Å²) in [6.45, 7) is 2.29. The fraction of sp³-hybridized carbons (Fsp3) is 0.533. The van der Waals surface area contributed by atoms with E-state index in [-0.39, 0.29) is 60.3 Å². The van der Waals surface area contributed by atoms with E-state index in [0.29, 0.717) is 37.1 Å². The summed E-state index contributed by atoms with van der Waals surface area (Å²) in [5.74, 6) is -3.13. The summed E-state index contributed by atoms with van der Waals surface area (Å²) >= 11 is 6.44. The Labute approximate surface area is 245 Å². The van der Waals surface area contributed by atoms with Crippen LogP contribution in [0.15, 0.2) is 24.3 Å². The highest BCUT2D eigenvalue weighted by molar-refractivity contribution is 6.34. The summed E-state index contributed by atoms with van der Waals surface area (Å²) in [6.07, 6.45) is -1.71. The number of aliphatic carboxylic acids is 1. The lowest BCUT2D eigenvalue weighted by atomic mass is 9.78. The molecule has 1 aromatic carbocycles. The van der Waals surface area contributed by atoms with E-state index in [1.807, 2.05) is 13.0 Å². The van der Waals surface area contributed by atoms with E-state index in [0.717, 1.165) is 15.8 Å². The molecule has 42 heavy (non-hydrogen) atoms. The number of amides is 1. The number of aliphatic hydroxyl groups excluding tert-OH is 1. The highest BCUT2D eigenvalue weighted by Gasteiger charge is 2.65. The molecule has 2 N–H and O–H groups in total. The van der Waals surface area contributed by atoms with Crippen molar-refractivity contribution in [3.8, 4) is 0 Å². The second kappa shape index (κ2) is 10.2. The lowest BCUT2D eigenvalue weighted by Gasteiger charge is -2.39. The third kappa shape index (κ3) is 4.65. The van der Waals surface area contributed by atoms with E-state index in [1.165, 1.54) is 18.2 Å². The van der Waals surface area contributed by atoms with E-state index in [4.69, 9.17) is 11.6 Å². The van der Waals surface area contributed by atoms with Gasteiger partial charge in [0.1, 0.15) is 0 Å². The van der Waals surface area contributed by atoms with Crippen molar-refractivity contribution < 1.29 is 37.8 Å². The number of alkyl halides is 3. The van der Waals surface area contributed by atoms with Crippen molar-refractivity contribution in [1.82, 2.24) is 14.7 Å². The molecule has 0 spiro atoms. The zero-order chi connectivity index (χ0) is 30.1. The van der Waals surface area contributed by atoms with Crippen LogP contribution in [0.25, 0.3) is 5.57 Å². The Balaban J connectivity index is 1.44. The molecule has 0 radical (unpaired) electrons. The minimum Gasteiger partial charge on any atom is -0.481 e. The van der Waals surface area contributed by atoms with Crippen molar-refractivity contribution in [2.24, 2.45) is 17.8 Å². The third-order valence-corrected chi connectivity index (χ3v) is 9.78. The summed E-state index contributed by atoms with van der Waals surface area (Å²) in [7, 11) is 0. The van der Waals surface area contributed by atoms with Crippen LogP contribution in [-0.2, 0) is 27.8 Å². The molecule has 0 bridgehead atoms. The number of nitrogens with zero attached hydrogens (tertiary/aromatic N) is 3.